The number of sulfonamides is 1. The molecule has 0 aromatic heterocycles. The van der Waals surface area contributed by atoms with Crippen LogP contribution < -0.4 is 10.0 Å². The van der Waals surface area contributed by atoms with E-state index in [0.29, 0.717) is 12.5 Å². The molecule has 1 aliphatic rings. The molecule has 0 saturated carbocycles. The molecule has 2 rings (SSSR count). The van der Waals surface area contributed by atoms with E-state index in [2.05, 4.69) is 42.8 Å². The topological polar surface area (TPSA) is 78.5 Å². The zero-order valence-corrected chi connectivity index (χ0v) is 18.4. The molecule has 28 heavy (non-hydrogen) atoms. The lowest BCUT2D eigenvalue weighted by atomic mass is 9.87. The molecule has 0 unspecified atom stereocenters. The fourth-order valence-corrected chi connectivity index (χ4v) is 4.40. The molecule has 0 radical (unpaired) electrons. The number of piperidine rings is 1. The van der Waals surface area contributed by atoms with E-state index >= 15 is 0 Å². The van der Waals surface area contributed by atoms with Crippen LogP contribution in [0.4, 0.5) is 0 Å². The summed E-state index contributed by atoms with van der Waals surface area (Å²) in [6.45, 7) is 9.26. The number of likely N-dealkylation sites (tertiary alicyclic amines) is 1. The van der Waals surface area contributed by atoms with Crippen molar-refractivity contribution in [2.75, 3.05) is 33.2 Å². The summed E-state index contributed by atoms with van der Waals surface area (Å²) in [7, 11) is -1.46. The number of hydrogen-bond donors (Lipinski definition) is 2. The third-order valence-corrected chi connectivity index (χ3v) is 6.86. The second-order valence-electron chi connectivity index (χ2n) is 8.81. The van der Waals surface area contributed by atoms with Crippen LogP contribution in [0.2, 0.25) is 0 Å². The van der Waals surface area contributed by atoms with Crippen LogP contribution in [0, 0.1) is 5.92 Å². The third-order valence-electron chi connectivity index (χ3n) is 5.39. The molecular weight excluding hydrogens is 374 g/mol. The number of hydrogen-bond acceptors (Lipinski definition) is 4. The van der Waals surface area contributed by atoms with Crippen molar-refractivity contribution in [3.05, 3.63) is 29.8 Å². The molecular formula is C21H35N3O3S. The van der Waals surface area contributed by atoms with Gasteiger partial charge in [0.15, 0.2) is 0 Å². The number of carbonyl (C=O) groups excluding carboxylic acids is 1. The lowest BCUT2D eigenvalue weighted by Gasteiger charge is -2.28. The number of nitrogens with zero attached hydrogens (tertiary/aromatic N) is 1. The number of carbonyl (C=O) groups is 1. The molecule has 1 aliphatic heterocycles. The van der Waals surface area contributed by atoms with E-state index in [1.165, 1.54) is 12.8 Å². The summed E-state index contributed by atoms with van der Waals surface area (Å²) in [5.41, 5.74) is 1.05. The smallest absolute Gasteiger partial charge is 0.240 e. The number of benzene rings is 1. The Labute approximate surface area is 170 Å². The van der Waals surface area contributed by atoms with E-state index in [9.17, 15) is 13.2 Å². The van der Waals surface area contributed by atoms with Gasteiger partial charge >= 0.3 is 0 Å². The predicted octanol–water partition coefficient (Wildman–Crippen LogP) is 2.50. The summed E-state index contributed by atoms with van der Waals surface area (Å²) in [5, 5.41) is 2.90. The van der Waals surface area contributed by atoms with Gasteiger partial charge in [-0.3, -0.25) is 4.79 Å². The SMILES string of the molecule is CN1CCC(CCNC(=O)CCNS(=O)(=O)c2ccc(C(C)(C)C)cc2)CC1. The van der Waals surface area contributed by atoms with E-state index in [-0.39, 0.29) is 29.2 Å². The minimum Gasteiger partial charge on any atom is -0.356 e. The highest BCUT2D eigenvalue weighted by Gasteiger charge is 2.18. The van der Waals surface area contributed by atoms with Gasteiger partial charge in [0.25, 0.3) is 0 Å². The second kappa shape index (κ2) is 9.85. The van der Waals surface area contributed by atoms with E-state index in [1.807, 2.05) is 12.1 Å². The van der Waals surface area contributed by atoms with E-state index < -0.39 is 10.0 Å². The fourth-order valence-electron chi connectivity index (χ4n) is 3.37. The molecule has 158 valence electrons. The Morgan fingerprint density at radius 2 is 1.71 bits per heavy atom. The summed E-state index contributed by atoms with van der Waals surface area (Å²) < 4.78 is 27.3. The highest BCUT2D eigenvalue weighted by molar-refractivity contribution is 7.89. The van der Waals surface area contributed by atoms with Gasteiger partial charge in [0.1, 0.15) is 0 Å². The Morgan fingerprint density at radius 1 is 1.11 bits per heavy atom. The second-order valence-corrected chi connectivity index (χ2v) is 10.6. The Bertz CT molecular complexity index is 731. The minimum absolute atomic E-state index is 0.0264. The van der Waals surface area contributed by atoms with Gasteiger partial charge in [0.05, 0.1) is 4.90 Å². The number of amides is 1. The van der Waals surface area contributed by atoms with Crippen molar-refractivity contribution in [2.24, 2.45) is 5.92 Å². The number of nitrogens with one attached hydrogen (secondary N) is 2. The van der Waals surface area contributed by atoms with Gasteiger partial charge in [-0.1, -0.05) is 32.9 Å². The van der Waals surface area contributed by atoms with Gasteiger partial charge in [0.2, 0.25) is 15.9 Å². The molecule has 0 atom stereocenters. The molecule has 1 amide bonds. The standard InChI is InChI=1S/C21H35N3O3S/c1-21(2,3)18-5-7-19(8-6-18)28(26,27)23-14-10-20(25)22-13-9-17-11-15-24(4)16-12-17/h5-8,17,23H,9-16H2,1-4H3,(H,22,25). The predicted molar refractivity (Wildman–Crippen MR) is 113 cm³/mol. The first kappa shape index (κ1) is 22.8. The molecule has 0 spiro atoms. The molecule has 2 N–H and O–H groups in total. The maximum Gasteiger partial charge on any atom is 0.240 e. The third kappa shape index (κ3) is 7.18. The maximum atomic E-state index is 12.4. The molecule has 6 nitrogen and oxygen atoms in total. The molecule has 0 bridgehead atoms. The number of rotatable bonds is 8. The van der Waals surface area contributed by atoms with E-state index in [0.717, 1.165) is 25.1 Å². The van der Waals surface area contributed by atoms with Crippen LogP contribution in [0.15, 0.2) is 29.2 Å². The first-order valence-electron chi connectivity index (χ1n) is 10.1. The minimum atomic E-state index is -3.60. The van der Waals surface area contributed by atoms with Crippen molar-refractivity contribution in [1.29, 1.82) is 0 Å². The monoisotopic (exact) mass is 409 g/mol. The summed E-state index contributed by atoms with van der Waals surface area (Å²) >= 11 is 0. The van der Waals surface area contributed by atoms with Gasteiger partial charge in [-0.25, -0.2) is 13.1 Å². The Balaban J connectivity index is 1.70. The molecule has 1 fully saturated rings. The summed E-state index contributed by atoms with van der Waals surface area (Å²) in [6, 6.07) is 6.91. The van der Waals surface area contributed by atoms with Crippen molar-refractivity contribution in [3.8, 4) is 0 Å². The van der Waals surface area contributed by atoms with Crippen molar-refractivity contribution < 1.29 is 13.2 Å². The molecule has 0 aliphatic carbocycles. The van der Waals surface area contributed by atoms with Gasteiger partial charge in [-0.15, -0.1) is 0 Å². The Morgan fingerprint density at radius 3 is 2.29 bits per heavy atom. The lowest BCUT2D eigenvalue weighted by molar-refractivity contribution is -0.120. The quantitative estimate of drug-likeness (QED) is 0.691. The van der Waals surface area contributed by atoms with Crippen molar-refractivity contribution in [3.63, 3.8) is 0 Å². The highest BCUT2D eigenvalue weighted by atomic mass is 32.2. The zero-order valence-electron chi connectivity index (χ0n) is 17.6. The summed E-state index contributed by atoms with van der Waals surface area (Å²) in [6.07, 6.45) is 3.50. The normalized spacial score (nSPS) is 16.9. The summed E-state index contributed by atoms with van der Waals surface area (Å²) in [5.74, 6) is 0.560. The van der Waals surface area contributed by atoms with Crippen molar-refractivity contribution in [2.45, 2.75) is 56.8 Å². The molecule has 1 heterocycles. The van der Waals surface area contributed by atoms with Gasteiger partial charge in [-0.05, 0) is 68.4 Å². The van der Waals surface area contributed by atoms with E-state index in [1.54, 1.807) is 12.1 Å². The zero-order chi connectivity index (χ0) is 20.8. The largest absolute Gasteiger partial charge is 0.356 e. The molecule has 1 aromatic carbocycles. The van der Waals surface area contributed by atoms with Gasteiger partial charge in [-0.2, -0.15) is 0 Å². The van der Waals surface area contributed by atoms with Crippen LogP contribution in [-0.4, -0.2) is 52.5 Å². The van der Waals surface area contributed by atoms with Gasteiger partial charge in [0, 0.05) is 19.5 Å². The van der Waals surface area contributed by atoms with Crippen LogP contribution in [0.25, 0.3) is 0 Å². The lowest BCUT2D eigenvalue weighted by Crippen LogP contribution is -2.34. The van der Waals surface area contributed by atoms with Crippen LogP contribution in [0.3, 0.4) is 0 Å². The fraction of sp³-hybridized carbons (Fsp3) is 0.667. The molecule has 1 saturated heterocycles. The van der Waals surface area contributed by atoms with Crippen LogP contribution in [-0.2, 0) is 20.2 Å². The van der Waals surface area contributed by atoms with Crippen molar-refractivity contribution >= 4 is 15.9 Å². The van der Waals surface area contributed by atoms with Crippen LogP contribution >= 0.6 is 0 Å². The van der Waals surface area contributed by atoms with Gasteiger partial charge < -0.3 is 10.2 Å². The van der Waals surface area contributed by atoms with Crippen LogP contribution in [0.5, 0.6) is 0 Å². The van der Waals surface area contributed by atoms with E-state index in [4.69, 9.17) is 0 Å². The average Bonchev–Trinajstić information content (AvgIpc) is 2.62. The average molecular weight is 410 g/mol. The Hall–Kier alpha value is -1.44. The highest BCUT2D eigenvalue weighted by Crippen LogP contribution is 2.23. The first-order chi connectivity index (χ1) is 13.1. The molecule has 7 heteroatoms. The van der Waals surface area contributed by atoms with Crippen molar-refractivity contribution in [1.82, 2.24) is 14.9 Å². The summed E-state index contributed by atoms with van der Waals surface area (Å²) in [4.78, 5) is 14.5. The van der Waals surface area contributed by atoms with Crippen LogP contribution in [0.1, 0.15) is 52.0 Å². The first-order valence-corrected chi connectivity index (χ1v) is 11.6. The maximum absolute atomic E-state index is 12.4. The Kier molecular flexibility index (Phi) is 8.04. The molecule has 1 aromatic rings.